The molecule has 0 unspecified atom stereocenters. The highest BCUT2D eigenvalue weighted by Gasteiger charge is 2.29. The molecule has 22 heavy (non-hydrogen) atoms. The molecule has 0 amide bonds. The molecule has 0 fully saturated rings. The highest BCUT2D eigenvalue weighted by molar-refractivity contribution is 6.30. The van der Waals surface area contributed by atoms with Crippen LogP contribution in [0, 0.1) is 0 Å². The normalized spacial score (nSPS) is 11.3. The molecule has 0 atom stereocenters. The number of hydrogen-bond donors (Lipinski definition) is 1. The molecule has 2 rings (SSSR count). The maximum Gasteiger partial charge on any atom is 0.422 e. The molecule has 116 valence electrons. The molecule has 0 saturated carbocycles. The second-order valence-corrected chi connectivity index (χ2v) is 4.72. The van der Waals surface area contributed by atoms with Crippen LogP contribution >= 0.6 is 11.6 Å². The van der Waals surface area contributed by atoms with Gasteiger partial charge in [0.05, 0.1) is 6.20 Å². The number of aromatic nitrogens is 1. The fraction of sp³-hybridized carbons (Fsp3) is 0.143. The number of nitrogens with zero attached hydrogens (tertiary/aromatic N) is 1. The monoisotopic (exact) mass is 331 g/mol. The summed E-state index contributed by atoms with van der Waals surface area (Å²) >= 11 is 5.76. The van der Waals surface area contributed by atoms with Crippen LogP contribution < -0.4 is 4.74 Å². The van der Waals surface area contributed by atoms with E-state index in [2.05, 4.69) is 4.98 Å². The minimum absolute atomic E-state index is 0.162. The third-order valence-electron chi connectivity index (χ3n) is 2.63. The number of carboxylic acid groups (broad SMARTS) is 1. The van der Waals surface area contributed by atoms with E-state index >= 15 is 0 Å². The number of pyridine rings is 1. The Balaban J connectivity index is 2.44. The summed E-state index contributed by atoms with van der Waals surface area (Å²) in [5.41, 5.74) is 0.351. The number of carbonyl (C=O) groups is 1. The van der Waals surface area contributed by atoms with Crippen LogP contribution in [-0.2, 0) is 0 Å². The largest absolute Gasteiger partial charge is 0.482 e. The second-order valence-electron chi connectivity index (χ2n) is 4.28. The molecule has 0 spiro atoms. The first-order chi connectivity index (χ1) is 10.3. The first kappa shape index (κ1) is 16.1. The molecular weight excluding hydrogens is 323 g/mol. The number of halogens is 4. The fourth-order valence-corrected chi connectivity index (χ4v) is 1.82. The highest BCUT2D eigenvalue weighted by Crippen LogP contribution is 2.32. The minimum Gasteiger partial charge on any atom is -0.482 e. The van der Waals surface area contributed by atoms with Gasteiger partial charge >= 0.3 is 12.1 Å². The van der Waals surface area contributed by atoms with Gasteiger partial charge in [-0.05, 0) is 23.8 Å². The van der Waals surface area contributed by atoms with Gasteiger partial charge in [0.15, 0.2) is 6.61 Å². The molecule has 0 aliphatic carbocycles. The van der Waals surface area contributed by atoms with Crippen LogP contribution in [0.1, 0.15) is 10.5 Å². The molecule has 1 N–H and O–H groups in total. The van der Waals surface area contributed by atoms with Crippen molar-refractivity contribution in [3.63, 3.8) is 0 Å². The van der Waals surface area contributed by atoms with Crippen molar-refractivity contribution in [3.8, 4) is 16.9 Å². The number of alkyl halides is 3. The molecule has 2 aromatic rings. The number of benzene rings is 1. The summed E-state index contributed by atoms with van der Waals surface area (Å²) < 4.78 is 41.5. The molecule has 0 bridgehead atoms. The van der Waals surface area contributed by atoms with Crippen molar-refractivity contribution >= 4 is 17.6 Å². The molecular formula is C14H9ClF3NO3. The maximum absolute atomic E-state index is 12.3. The van der Waals surface area contributed by atoms with Gasteiger partial charge in [-0.25, -0.2) is 9.78 Å². The summed E-state index contributed by atoms with van der Waals surface area (Å²) in [6.45, 7) is -1.50. The molecule has 1 heterocycles. The first-order valence-corrected chi connectivity index (χ1v) is 6.33. The van der Waals surface area contributed by atoms with Crippen LogP contribution in [0.25, 0.3) is 11.1 Å². The Bertz CT molecular complexity index is 687. The molecule has 1 aromatic carbocycles. The molecule has 1 aromatic heterocycles. The lowest BCUT2D eigenvalue weighted by Gasteiger charge is -2.13. The van der Waals surface area contributed by atoms with E-state index in [1.54, 1.807) is 12.1 Å². The molecule has 8 heteroatoms. The van der Waals surface area contributed by atoms with E-state index in [4.69, 9.17) is 21.4 Å². The Hall–Kier alpha value is -2.28. The van der Waals surface area contributed by atoms with Gasteiger partial charge in [0, 0.05) is 10.6 Å². The van der Waals surface area contributed by atoms with Gasteiger partial charge in [-0.15, -0.1) is 0 Å². The van der Waals surface area contributed by atoms with Gasteiger partial charge in [0.2, 0.25) is 0 Å². The van der Waals surface area contributed by atoms with E-state index in [1.807, 2.05) is 0 Å². The van der Waals surface area contributed by atoms with Crippen molar-refractivity contribution < 1.29 is 27.8 Å². The van der Waals surface area contributed by atoms with E-state index in [1.165, 1.54) is 12.1 Å². The Morgan fingerprint density at radius 3 is 2.45 bits per heavy atom. The standard InChI is InChI=1S/C14H9ClF3NO3/c15-9-3-1-8(2-4-9)10-5-11(13(20)21)19-6-12(10)22-7-14(16,17)18/h1-6H,7H2,(H,20,21). The van der Waals surface area contributed by atoms with E-state index in [0.717, 1.165) is 12.3 Å². The molecule has 0 aliphatic rings. The Labute approximate surface area is 128 Å². The van der Waals surface area contributed by atoms with Crippen LogP contribution in [0.15, 0.2) is 36.5 Å². The predicted octanol–water partition coefficient (Wildman–Crippen LogP) is 4.04. The van der Waals surface area contributed by atoms with Crippen LogP contribution in [0.3, 0.4) is 0 Å². The van der Waals surface area contributed by atoms with Gasteiger partial charge in [0.25, 0.3) is 0 Å². The Morgan fingerprint density at radius 2 is 1.91 bits per heavy atom. The zero-order chi connectivity index (χ0) is 16.3. The van der Waals surface area contributed by atoms with Gasteiger partial charge < -0.3 is 9.84 Å². The third-order valence-corrected chi connectivity index (χ3v) is 2.89. The summed E-state index contributed by atoms with van der Waals surface area (Å²) in [6.07, 6.45) is -3.55. The zero-order valence-electron chi connectivity index (χ0n) is 10.9. The van der Waals surface area contributed by atoms with Crippen molar-refractivity contribution in [1.29, 1.82) is 0 Å². The lowest BCUT2D eigenvalue weighted by atomic mass is 10.1. The van der Waals surface area contributed by atoms with E-state index < -0.39 is 18.8 Å². The molecule has 4 nitrogen and oxygen atoms in total. The van der Waals surface area contributed by atoms with Gasteiger partial charge in [-0.1, -0.05) is 23.7 Å². The summed E-state index contributed by atoms with van der Waals surface area (Å²) in [4.78, 5) is 14.5. The van der Waals surface area contributed by atoms with Gasteiger partial charge in [-0.3, -0.25) is 0 Å². The van der Waals surface area contributed by atoms with Crippen molar-refractivity contribution in [3.05, 3.63) is 47.2 Å². The molecule has 0 saturated heterocycles. The average Bonchev–Trinajstić information content (AvgIpc) is 2.45. The van der Waals surface area contributed by atoms with Crippen molar-refractivity contribution in [2.45, 2.75) is 6.18 Å². The summed E-state index contributed by atoms with van der Waals surface area (Å²) in [7, 11) is 0. The van der Waals surface area contributed by atoms with E-state index in [0.29, 0.717) is 10.6 Å². The second kappa shape index (κ2) is 6.23. The van der Waals surface area contributed by atoms with Crippen LogP contribution in [-0.4, -0.2) is 28.8 Å². The van der Waals surface area contributed by atoms with E-state index in [-0.39, 0.29) is 17.0 Å². The Morgan fingerprint density at radius 1 is 1.27 bits per heavy atom. The minimum atomic E-state index is -4.51. The number of aromatic carboxylic acids is 1. The van der Waals surface area contributed by atoms with Gasteiger partial charge in [-0.2, -0.15) is 13.2 Å². The fourth-order valence-electron chi connectivity index (χ4n) is 1.69. The summed E-state index contributed by atoms with van der Waals surface area (Å²) in [5, 5.41) is 9.38. The first-order valence-electron chi connectivity index (χ1n) is 5.95. The molecule has 0 radical (unpaired) electrons. The highest BCUT2D eigenvalue weighted by atomic mass is 35.5. The zero-order valence-corrected chi connectivity index (χ0v) is 11.6. The topological polar surface area (TPSA) is 59.4 Å². The maximum atomic E-state index is 12.3. The number of ether oxygens (including phenoxy) is 1. The summed E-state index contributed by atoms with van der Waals surface area (Å²) in [5.74, 6) is -1.46. The quantitative estimate of drug-likeness (QED) is 0.918. The van der Waals surface area contributed by atoms with Crippen molar-refractivity contribution in [2.75, 3.05) is 6.61 Å². The predicted molar refractivity (Wildman–Crippen MR) is 73.2 cm³/mol. The smallest absolute Gasteiger partial charge is 0.422 e. The summed E-state index contributed by atoms with van der Waals surface area (Å²) in [6, 6.07) is 7.31. The van der Waals surface area contributed by atoms with Crippen LogP contribution in [0.2, 0.25) is 5.02 Å². The lowest BCUT2D eigenvalue weighted by molar-refractivity contribution is -0.153. The van der Waals surface area contributed by atoms with Crippen molar-refractivity contribution in [2.24, 2.45) is 0 Å². The third kappa shape index (κ3) is 4.11. The van der Waals surface area contributed by atoms with Gasteiger partial charge in [0.1, 0.15) is 11.4 Å². The number of carboxylic acids is 1. The lowest BCUT2D eigenvalue weighted by Crippen LogP contribution is -2.19. The number of rotatable bonds is 4. The average molecular weight is 332 g/mol. The Kier molecular flexibility index (Phi) is 4.56. The molecule has 0 aliphatic heterocycles. The number of hydrogen-bond acceptors (Lipinski definition) is 3. The van der Waals surface area contributed by atoms with Crippen LogP contribution in [0.5, 0.6) is 5.75 Å². The SMILES string of the molecule is O=C(O)c1cc(-c2ccc(Cl)cc2)c(OCC(F)(F)F)cn1. The van der Waals surface area contributed by atoms with Crippen LogP contribution in [0.4, 0.5) is 13.2 Å². The van der Waals surface area contributed by atoms with Crippen molar-refractivity contribution in [1.82, 2.24) is 4.98 Å². The van der Waals surface area contributed by atoms with E-state index in [9.17, 15) is 18.0 Å².